The second-order valence-electron chi connectivity index (χ2n) is 6.02. The summed E-state index contributed by atoms with van der Waals surface area (Å²) in [6, 6.07) is 7.83. The molecule has 1 aliphatic heterocycles. The van der Waals surface area contributed by atoms with Gasteiger partial charge in [0.2, 0.25) is 0 Å². The maximum absolute atomic E-state index is 10.3. The number of aliphatic hydroxyl groups excluding tert-OH is 1. The van der Waals surface area contributed by atoms with E-state index in [1.807, 2.05) is 31.2 Å². The molecule has 0 aromatic heterocycles. The number of hydrogen-bond donors (Lipinski definition) is 2. The van der Waals surface area contributed by atoms with E-state index < -0.39 is 11.7 Å². The van der Waals surface area contributed by atoms with Gasteiger partial charge in [-0.1, -0.05) is 34.1 Å². The van der Waals surface area contributed by atoms with Gasteiger partial charge in [0.15, 0.2) is 0 Å². The highest BCUT2D eigenvalue weighted by Gasteiger charge is 2.25. The highest BCUT2D eigenvalue weighted by Crippen LogP contribution is 2.26. The molecule has 0 bridgehead atoms. The summed E-state index contributed by atoms with van der Waals surface area (Å²) in [5, 5.41) is 20.4. The minimum Gasteiger partial charge on any atom is -0.390 e. The van der Waals surface area contributed by atoms with Crippen LogP contribution in [0.3, 0.4) is 0 Å². The first-order chi connectivity index (χ1) is 9.48. The maximum Gasteiger partial charge on any atom is 0.0813 e. The first-order valence-electron chi connectivity index (χ1n) is 7.35. The summed E-state index contributed by atoms with van der Waals surface area (Å²) in [4.78, 5) is 2.35. The zero-order valence-electron chi connectivity index (χ0n) is 12.1. The van der Waals surface area contributed by atoms with Gasteiger partial charge in [0.05, 0.1) is 11.7 Å². The molecule has 4 heteroatoms. The van der Waals surface area contributed by atoms with Crippen LogP contribution >= 0.6 is 15.9 Å². The van der Waals surface area contributed by atoms with Crippen molar-refractivity contribution in [3.05, 3.63) is 34.3 Å². The van der Waals surface area contributed by atoms with E-state index >= 15 is 0 Å². The molecule has 0 radical (unpaired) electrons. The Bertz CT molecular complexity index is 436. The van der Waals surface area contributed by atoms with Gasteiger partial charge in [-0.15, -0.1) is 0 Å². The molecule has 112 valence electrons. The molecule has 2 rings (SSSR count). The quantitative estimate of drug-likeness (QED) is 0.884. The van der Waals surface area contributed by atoms with E-state index in [1.54, 1.807) is 0 Å². The maximum atomic E-state index is 10.3. The number of benzene rings is 1. The van der Waals surface area contributed by atoms with Crippen LogP contribution in [0.1, 0.15) is 44.3 Å². The summed E-state index contributed by atoms with van der Waals surface area (Å²) in [6.07, 6.45) is 3.01. The second-order valence-corrected chi connectivity index (χ2v) is 6.87. The van der Waals surface area contributed by atoms with E-state index in [9.17, 15) is 10.2 Å². The van der Waals surface area contributed by atoms with Crippen molar-refractivity contribution in [2.75, 3.05) is 19.6 Å². The largest absolute Gasteiger partial charge is 0.390 e. The monoisotopic (exact) mass is 341 g/mol. The summed E-state index contributed by atoms with van der Waals surface area (Å²) >= 11 is 3.48. The van der Waals surface area contributed by atoms with Gasteiger partial charge in [-0.05, 0) is 50.8 Å². The molecular weight excluding hydrogens is 318 g/mol. The molecule has 1 saturated heterocycles. The predicted molar refractivity (Wildman–Crippen MR) is 84.6 cm³/mol. The summed E-state index contributed by atoms with van der Waals surface area (Å²) in [5.41, 5.74) is 0.435. The Morgan fingerprint density at radius 2 is 2.05 bits per heavy atom. The van der Waals surface area contributed by atoms with Crippen LogP contribution in [0.2, 0.25) is 0 Å². The standard InChI is InChI=1S/C16H24BrNO2/c1-16(20)8-4-10-18(12-9-16)11-7-15(19)13-5-2-3-6-14(13)17/h2-3,5-6,15,19-20H,4,7-12H2,1H3. The van der Waals surface area contributed by atoms with Crippen molar-refractivity contribution in [2.24, 2.45) is 0 Å². The molecule has 1 aliphatic rings. The smallest absolute Gasteiger partial charge is 0.0813 e. The van der Waals surface area contributed by atoms with Crippen LogP contribution in [-0.4, -0.2) is 40.3 Å². The molecule has 2 atom stereocenters. The first kappa shape index (κ1) is 16.0. The van der Waals surface area contributed by atoms with Crippen molar-refractivity contribution in [2.45, 2.75) is 44.3 Å². The molecule has 2 unspecified atom stereocenters. The summed E-state index contributed by atoms with van der Waals surface area (Å²) < 4.78 is 0.964. The Labute approximate surface area is 129 Å². The van der Waals surface area contributed by atoms with Crippen molar-refractivity contribution in [3.8, 4) is 0 Å². The Kier molecular flexibility index (Phi) is 5.61. The molecule has 1 heterocycles. The van der Waals surface area contributed by atoms with Gasteiger partial charge < -0.3 is 15.1 Å². The van der Waals surface area contributed by atoms with Gasteiger partial charge in [-0.3, -0.25) is 0 Å². The van der Waals surface area contributed by atoms with Gasteiger partial charge >= 0.3 is 0 Å². The molecular formula is C16H24BrNO2. The lowest BCUT2D eigenvalue weighted by Gasteiger charge is -2.23. The van der Waals surface area contributed by atoms with Gasteiger partial charge in [0.1, 0.15) is 0 Å². The van der Waals surface area contributed by atoms with Crippen LogP contribution in [0, 0.1) is 0 Å². The van der Waals surface area contributed by atoms with Crippen molar-refractivity contribution in [3.63, 3.8) is 0 Å². The Morgan fingerprint density at radius 1 is 1.30 bits per heavy atom. The topological polar surface area (TPSA) is 43.7 Å². The van der Waals surface area contributed by atoms with Gasteiger partial charge in [0, 0.05) is 17.6 Å². The minimum absolute atomic E-state index is 0.436. The SMILES string of the molecule is CC1(O)CCCN(CCC(O)c2ccccc2Br)CC1. The average Bonchev–Trinajstić information content (AvgIpc) is 2.57. The summed E-state index contributed by atoms with van der Waals surface area (Å²) in [7, 11) is 0. The third-order valence-electron chi connectivity index (χ3n) is 4.14. The van der Waals surface area contributed by atoms with E-state index in [2.05, 4.69) is 20.8 Å². The summed E-state index contributed by atoms with van der Waals surface area (Å²) in [6.45, 7) is 4.72. The van der Waals surface area contributed by atoms with Crippen LogP contribution in [0.25, 0.3) is 0 Å². The molecule has 3 nitrogen and oxygen atoms in total. The van der Waals surface area contributed by atoms with E-state index in [1.165, 1.54) is 0 Å². The summed E-state index contributed by atoms with van der Waals surface area (Å²) in [5.74, 6) is 0. The fourth-order valence-corrected chi connectivity index (χ4v) is 3.30. The average molecular weight is 342 g/mol. The molecule has 0 saturated carbocycles. The van der Waals surface area contributed by atoms with Crippen LogP contribution in [0.15, 0.2) is 28.7 Å². The van der Waals surface area contributed by atoms with E-state index in [0.717, 1.165) is 55.4 Å². The fourth-order valence-electron chi connectivity index (χ4n) is 2.75. The van der Waals surface area contributed by atoms with Crippen LogP contribution in [-0.2, 0) is 0 Å². The Hall–Kier alpha value is -0.420. The van der Waals surface area contributed by atoms with Gasteiger partial charge in [-0.25, -0.2) is 0 Å². The molecule has 0 aliphatic carbocycles. The molecule has 1 fully saturated rings. The minimum atomic E-state index is -0.518. The fraction of sp³-hybridized carbons (Fsp3) is 0.625. The van der Waals surface area contributed by atoms with Crippen molar-refractivity contribution >= 4 is 15.9 Å². The number of likely N-dealkylation sites (tertiary alicyclic amines) is 1. The number of nitrogens with zero attached hydrogens (tertiary/aromatic N) is 1. The van der Waals surface area contributed by atoms with Gasteiger partial charge in [0.25, 0.3) is 0 Å². The molecule has 1 aromatic carbocycles. The molecule has 0 amide bonds. The first-order valence-corrected chi connectivity index (χ1v) is 8.14. The second kappa shape index (κ2) is 7.03. The van der Waals surface area contributed by atoms with Crippen LogP contribution in [0.4, 0.5) is 0 Å². The van der Waals surface area contributed by atoms with E-state index in [4.69, 9.17) is 0 Å². The van der Waals surface area contributed by atoms with Crippen molar-refractivity contribution in [1.29, 1.82) is 0 Å². The van der Waals surface area contributed by atoms with Crippen LogP contribution < -0.4 is 0 Å². The Balaban J connectivity index is 1.84. The van der Waals surface area contributed by atoms with Crippen molar-refractivity contribution < 1.29 is 10.2 Å². The third kappa shape index (κ3) is 4.55. The zero-order valence-corrected chi connectivity index (χ0v) is 13.6. The Morgan fingerprint density at radius 3 is 2.80 bits per heavy atom. The zero-order chi connectivity index (χ0) is 14.6. The number of rotatable bonds is 4. The third-order valence-corrected chi connectivity index (χ3v) is 4.86. The molecule has 0 spiro atoms. The number of halogens is 1. The highest BCUT2D eigenvalue weighted by atomic mass is 79.9. The van der Waals surface area contributed by atoms with E-state index in [-0.39, 0.29) is 0 Å². The number of aliphatic hydroxyl groups is 2. The molecule has 2 N–H and O–H groups in total. The lowest BCUT2D eigenvalue weighted by molar-refractivity contribution is 0.0441. The lowest BCUT2D eigenvalue weighted by atomic mass is 9.98. The van der Waals surface area contributed by atoms with Gasteiger partial charge in [-0.2, -0.15) is 0 Å². The van der Waals surface area contributed by atoms with Crippen LogP contribution in [0.5, 0.6) is 0 Å². The highest BCUT2D eigenvalue weighted by molar-refractivity contribution is 9.10. The lowest BCUT2D eigenvalue weighted by Crippen LogP contribution is -2.29. The number of hydrogen-bond acceptors (Lipinski definition) is 3. The molecule has 20 heavy (non-hydrogen) atoms. The van der Waals surface area contributed by atoms with E-state index in [0.29, 0.717) is 0 Å². The van der Waals surface area contributed by atoms with Crippen molar-refractivity contribution in [1.82, 2.24) is 4.90 Å². The molecule has 1 aromatic rings. The normalized spacial score (nSPS) is 26.2. The predicted octanol–water partition coefficient (Wildman–Crippen LogP) is 3.11.